The molecule has 1 aliphatic heterocycles. The lowest BCUT2D eigenvalue weighted by molar-refractivity contribution is 0.0487. The second-order valence-corrected chi connectivity index (χ2v) is 10.8. The highest BCUT2D eigenvalue weighted by molar-refractivity contribution is 5.99. The van der Waals surface area contributed by atoms with Crippen molar-refractivity contribution in [1.82, 2.24) is 19.4 Å². The number of aliphatic hydroxyl groups is 1. The van der Waals surface area contributed by atoms with Crippen LogP contribution in [0.25, 0.3) is 16.6 Å². The molecule has 3 aromatic rings. The van der Waals surface area contributed by atoms with Crippen molar-refractivity contribution >= 4 is 16.8 Å². The third-order valence-electron chi connectivity index (χ3n) is 8.33. The van der Waals surface area contributed by atoms with Crippen molar-refractivity contribution in [2.75, 3.05) is 20.1 Å². The lowest BCUT2D eigenvalue weighted by atomic mass is 9.81. The predicted molar refractivity (Wildman–Crippen MR) is 140 cm³/mol. The van der Waals surface area contributed by atoms with Crippen molar-refractivity contribution in [1.29, 1.82) is 0 Å². The van der Waals surface area contributed by atoms with Crippen molar-refractivity contribution in [2.24, 2.45) is 0 Å². The topological polar surface area (TPSA) is 61.6 Å². The molecule has 2 aliphatic rings. The molecule has 2 fully saturated rings. The molecule has 36 heavy (non-hydrogen) atoms. The van der Waals surface area contributed by atoms with Gasteiger partial charge in [-0.25, -0.2) is 4.39 Å². The van der Waals surface area contributed by atoms with E-state index in [-0.39, 0.29) is 18.1 Å². The molecule has 1 saturated heterocycles. The Kier molecular flexibility index (Phi) is 7.13. The van der Waals surface area contributed by atoms with Gasteiger partial charge in [0.2, 0.25) is 0 Å². The number of amides is 1. The van der Waals surface area contributed by atoms with E-state index in [9.17, 15) is 14.3 Å². The molecule has 0 radical (unpaired) electrons. The Balaban J connectivity index is 1.46. The summed E-state index contributed by atoms with van der Waals surface area (Å²) in [5.41, 5.74) is 3.25. The van der Waals surface area contributed by atoms with Crippen LogP contribution in [0.1, 0.15) is 74.2 Å². The first-order valence-corrected chi connectivity index (χ1v) is 13.3. The molecular weight excluding hydrogens is 455 g/mol. The quantitative estimate of drug-likeness (QED) is 0.537. The number of fused-ring (bicyclic) bond motifs is 1. The number of rotatable bonds is 5. The number of piperidine rings is 1. The molecule has 2 aromatic heterocycles. The van der Waals surface area contributed by atoms with Crippen LogP contribution in [-0.2, 0) is 0 Å². The van der Waals surface area contributed by atoms with Crippen LogP contribution in [0.15, 0.2) is 42.9 Å². The van der Waals surface area contributed by atoms with Crippen molar-refractivity contribution < 1.29 is 14.3 Å². The lowest BCUT2D eigenvalue weighted by Crippen LogP contribution is -2.44. The van der Waals surface area contributed by atoms with E-state index in [4.69, 9.17) is 0 Å². The summed E-state index contributed by atoms with van der Waals surface area (Å²) >= 11 is 0. The van der Waals surface area contributed by atoms with Crippen molar-refractivity contribution in [2.45, 2.75) is 76.5 Å². The second-order valence-electron chi connectivity index (χ2n) is 10.8. The average molecular weight is 493 g/mol. The molecule has 7 heteroatoms. The number of hydrogen-bond donors (Lipinski definition) is 1. The first kappa shape index (κ1) is 24.9. The van der Waals surface area contributed by atoms with Gasteiger partial charge in [0, 0.05) is 50.0 Å². The summed E-state index contributed by atoms with van der Waals surface area (Å²) in [4.78, 5) is 21.9. The maximum absolute atomic E-state index is 14.3. The monoisotopic (exact) mass is 492 g/mol. The number of benzene rings is 1. The smallest absolute Gasteiger partial charge is 0.256 e. The molecule has 1 N–H and O–H groups in total. The largest absolute Gasteiger partial charge is 0.393 e. The van der Waals surface area contributed by atoms with E-state index >= 15 is 0 Å². The Bertz CT molecular complexity index is 1220. The third kappa shape index (κ3) is 4.78. The van der Waals surface area contributed by atoms with Crippen LogP contribution >= 0.6 is 0 Å². The van der Waals surface area contributed by atoms with E-state index in [1.54, 1.807) is 18.0 Å². The summed E-state index contributed by atoms with van der Waals surface area (Å²) in [5, 5.41) is 11.0. The summed E-state index contributed by atoms with van der Waals surface area (Å²) in [6.07, 6.45) is 11.9. The first-order valence-electron chi connectivity index (χ1n) is 13.3. The van der Waals surface area contributed by atoms with E-state index in [1.165, 1.54) is 17.7 Å². The van der Waals surface area contributed by atoms with Crippen LogP contribution in [0, 0.1) is 5.82 Å². The summed E-state index contributed by atoms with van der Waals surface area (Å²) < 4.78 is 16.3. The molecular formula is C29H37FN4O2. The number of nitrogens with zero attached hydrogens (tertiary/aromatic N) is 4. The molecule has 3 heterocycles. The van der Waals surface area contributed by atoms with Gasteiger partial charge in [-0.2, -0.15) is 0 Å². The van der Waals surface area contributed by atoms with Gasteiger partial charge in [-0.3, -0.25) is 9.78 Å². The van der Waals surface area contributed by atoms with E-state index in [0.717, 1.165) is 62.5 Å². The maximum atomic E-state index is 14.3. The van der Waals surface area contributed by atoms with Crippen molar-refractivity contribution in [3.05, 3.63) is 59.8 Å². The Morgan fingerprint density at radius 3 is 2.53 bits per heavy atom. The van der Waals surface area contributed by atoms with Crippen LogP contribution in [0.4, 0.5) is 4.39 Å². The lowest BCUT2D eigenvalue weighted by Gasteiger charge is -2.40. The Morgan fingerprint density at radius 2 is 1.83 bits per heavy atom. The van der Waals surface area contributed by atoms with Gasteiger partial charge < -0.3 is 19.5 Å². The Labute approximate surface area is 212 Å². The number of likely N-dealkylation sites (tertiary alicyclic amines) is 1. The molecule has 0 bridgehead atoms. The zero-order valence-electron chi connectivity index (χ0n) is 21.5. The van der Waals surface area contributed by atoms with Gasteiger partial charge in [-0.05, 0) is 88.1 Å². The van der Waals surface area contributed by atoms with Crippen LogP contribution in [0.5, 0.6) is 0 Å². The number of pyridine rings is 1. The van der Waals surface area contributed by atoms with E-state index < -0.39 is 5.82 Å². The summed E-state index contributed by atoms with van der Waals surface area (Å²) in [7, 11) is 1.75. The number of aromatic nitrogens is 2. The third-order valence-corrected chi connectivity index (χ3v) is 8.33. The normalized spacial score (nSPS) is 21.8. The average Bonchev–Trinajstić information content (AvgIpc) is 3.28. The highest BCUT2D eigenvalue weighted by Crippen LogP contribution is 2.40. The summed E-state index contributed by atoms with van der Waals surface area (Å²) in [6.45, 7) is 5.89. The van der Waals surface area contributed by atoms with Gasteiger partial charge in [0.1, 0.15) is 5.82 Å². The standard InChI is InChI=1S/C29H37FN4O2/c1-19(2)32(3)29(36)25-16-21(30)6-9-27(25)34-18-26(24-10-13-31-17-28(24)34)20-4-7-22(8-5-20)33-14-11-23(35)12-15-33/h6,9-10,13,16-20,22-23,35H,4-5,7-8,11-12,14-15H2,1-3H3. The molecule has 1 aliphatic carbocycles. The zero-order valence-corrected chi connectivity index (χ0v) is 21.5. The molecule has 5 rings (SSSR count). The summed E-state index contributed by atoms with van der Waals surface area (Å²) in [6, 6.07) is 7.13. The highest BCUT2D eigenvalue weighted by atomic mass is 19.1. The van der Waals surface area contributed by atoms with Gasteiger partial charge in [-0.1, -0.05) is 0 Å². The molecule has 192 valence electrons. The number of halogens is 1. The van der Waals surface area contributed by atoms with Crippen molar-refractivity contribution in [3.8, 4) is 5.69 Å². The fourth-order valence-corrected chi connectivity index (χ4v) is 5.94. The number of aliphatic hydroxyl groups excluding tert-OH is 1. The minimum atomic E-state index is -0.419. The van der Waals surface area contributed by atoms with Crippen LogP contribution < -0.4 is 0 Å². The molecule has 0 spiro atoms. The van der Waals surface area contributed by atoms with Crippen molar-refractivity contribution in [3.63, 3.8) is 0 Å². The Hall–Kier alpha value is -2.77. The number of hydrogen-bond acceptors (Lipinski definition) is 4. The number of carbonyl (C=O) groups is 1. The molecule has 1 saturated carbocycles. The van der Waals surface area contributed by atoms with Gasteiger partial charge in [-0.15, -0.1) is 0 Å². The van der Waals surface area contributed by atoms with Crippen LogP contribution in [-0.4, -0.2) is 68.7 Å². The van der Waals surface area contributed by atoms with Gasteiger partial charge in [0.25, 0.3) is 5.91 Å². The first-order chi connectivity index (χ1) is 17.3. The van der Waals surface area contributed by atoms with E-state index in [0.29, 0.717) is 23.2 Å². The highest BCUT2D eigenvalue weighted by Gasteiger charge is 2.31. The Morgan fingerprint density at radius 1 is 1.11 bits per heavy atom. The van der Waals surface area contributed by atoms with E-state index in [1.807, 2.05) is 30.8 Å². The minimum absolute atomic E-state index is 0.00519. The van der Waals surface area contributed by atoms with Gasteiger partial charge >= 0.3 is 0 Å². The maximum Gasteiger partial charge on any atom is 0.256 e. The van der Waals surface area contributed by atoms with Gasteiger partial charge in [0.15, 0.2) is 0 Å². The molecule has 0 atom stereocenters. The summed E-state index contributed by atoms with van der Waals surface area (Å²) in [5.74, 6) is -0.183. The minimum Gasteiger partial charge on any atom is -0.393 e. The molecule has 1 aromatic carbocycles. The molecule has 0 unspecified atom stereocenters. The van der Waals surface area contributed by atoms with Gasteiger partial charge in [0.05, 0.1) is 29.1 Å². The zero-order chi connectivity index (χ0) is 25.4. The number of carbonyl (C=O) groups excluding carboxylic acids is 1. The fraction of sp³-hybridized carbons (Fsp3) is 0.517. The fourth-order valence-electron chi connectivity index (χ4n) is 5.94. The predicted octanol–water partition coefficient (Wildman–Crippen LogP) is 5.13. The molecule has 6 nitrogen and oxygen atoms in total. The SMILES string of the molecule is CC(C)N(C)C(=O)c1cc(F)ccc1-n1cc(C2CCC(N3CCC(O)CC3)CC2)c2ccncc21. The van der Waals surface area contributed by atoms with Crippen LogP contribution in [0.3, 0.4) is 0 Å². The second kappa shape index (κ2) is 10.3. The van der Waals surface area contributed by atoms with E-state index in [2.05, 4.69) is 22.1 Å². The van der Waals surface area contributed by atoms with Crippen LogP contribution in [0.2, 0.25) is 0 Å². The molecule has 1 amide bonds.